The lowest BCUT2D eigenvalue weighted by molar-refractivity contribution is -0.384. The fourth-order valence-electron chi connectivity index (χ4n) is 1.60. The Kier molecular flexibility index (Phi) is 3.05. The number of aromatic carboxylic acids is 1. The molecule has 1 aromatic carbocycles. The second kappa shape index (κ2) is 4.66. The van der Waals surface area contributed by atoms with Gasteiger partial charge in [0, 0.05) is 31.1 Å². The molecule has 18 heavy (non-hydrogen) atoms. The average molecular weight is 247 g/mol. The van der Waals surface area contributed by atoms with Crippen LogP contribution >= 0.6 is 0 Å². The van der Waals surface area contributed by atoms with Gasteiger partial charge in [0.25, 0.3) is 5.69 Å². The van der Waals surface area contributed by atoms with Crippen molar-refractivity contribution in [1.29, 1.82) is 0 Å². The van der Waals surface area contributed by atoms with Gasteiger partial charge in [0.15, 0.2) is 0 Å². The molecule has 0 amide bonds. The Balaban J connectivity index is 2.28. The molecule has 0 radical (unpaired) electrons. The highest BCUT2D eigenvalue weighted by Crippen LogP contribution is 2.14. The van der Waals surface area contributed by atoms with E-state index in [0.29, 0.717) is 5.56 Å². The Morgan fingerprint density at radius 1 is 1.50 bits per heavy atom. The van der Waals surface area contributed by atoms with Gasteiger partial charge in [-0.25, -0.2) is 9.78 Å². The van der Waals surface area contributed by atoms with Gasteiger partial charge in [0.05, 0.1) is 4.92 Å². The van der Waals surface area contributed by atoms with E-state index in [-0.39, 0.29) is 18.1 Å². The molecular formula is C11H9N3O4. The molecular weight excluding hydrogens is 238 g/mol. The number of carbonyl (C=O) groups is 1. The molecule has 0 unspecified atom stereocenters. The summed E-state index contributed by atoms with van der Waals surface area (Å²) in [5.41, 5.74) is 0.620. The smallest absolute Gasteiger partial charge is 0.372 e. The number of carboxylic acids is 1. The van der Waals surface area contributed by atoms with Crippen molar-refractivity contribution < 1.29 is 14.8 Å². The van der Waals surface area contributed by atoms with Gasteiger partial charge in [-0.3, -0.25) is 10.1 Å². The zero-order valence-electron chi connectivity index (χ0n) is 9.18. The molecule has 0 spiro atoms. The summed E-state index contributed by atoms with van der Waals surface area (Å²) in [7, 11) is 0. The lowest BCUT2D eigenvalue weighted by Crippen LogP contribution is -2.10. The number of nitro groups is 1. The van der Waals surface area contributed by atoms with Crippen LogP contribution in [0.15, 0.2) is 36.7 Å². The first-order valence-corrected chi connectivity index (χ1v) is 5.05. The number of benzene rings is 1. The lowest BCUT2D eigenvalue weighted by atomic mass is 10.2. The standard InChI is InChI=1S/C11H9N3O4/c15-11(16)10-12-4-5-13(10)7-8-2-1-3-9(6-8)14(17)18/h1-6H,7H2,(H,15,16). The van der Waals surface area contributed by atoms with Crippen molar-refractivity contribution in [1.82, 2.24) is 9.55 Å². The molecule has 1 heterocycles. The molecule has 7 heteroatoms. The van der Waals surface area contributed by atoms with E-state index in [1.165, 1.54) is 29.1 Å². The van der Waals surface area contributed by atoms with Crippen LogP contribution in [0.2, 0.25) is 0 Å². The fourth-order valence-corrected chi connectivity index (χ4v) is 1.60. The Morgan fingerprint density at radius 2 is 2.28 bits per heavy atom. The minimum atomic E-state index is -1.13. The maximum atomic E-state index is 10.9. The number of rotatable bonds is 4. The molecule has 0 saturated carbocycles. The van der Waals surface area contributed by atoms with Crippen molar-refractivity contribution >= 4 is 11.7 Å². The molecule has 1 N–H and O–H groups in total. The molecule has 1 aromatic heterocycles. The van der Waals surface area contributed by atoms with Crippen molar-refractivity contribution in [2.24, 2.45) is 0 Å². The quantitative estimate of drug-likeness (QED) is 0.652. The second-order valence-corrected chi connectivity index (χ2v) is 3.61. The van der Waals surface area contributed by atoms with Crippen LogP contribution in [0.4, 0.5) is 5.69 Å². The summed E-state index contributed by atoms with van der Waals surface area (Å²) in [6.45, 7) is 0.226. The van der Waals surface area contributed by atoms with Gasteiger partial charge in [-0.15, -0.1) is 0 Å². The van der Waals surface area contributed by atoms with Gasteiger partial charge in [-0.05, 0) is 5.56 Å². The molecule has 2 rings (SSSR count). The van der Waals surface area contributed by atoms with E-state index in [2.05, 4.69) is 4.98 Å². The Bertz CT molecular complexity index is 606. The maximum Gasteiger partial charge on any atom is 0.372 e. The number of carboxylic acid groups (broad SMARTS) is 1. The normalized spacial score (nSPS) is 10.2. The highest BCUT2D eigenvalue weighted by Gasteiger charge is 2.12. The highest BCUT2D eigenvalue weighted by atomic mass is 16.6. The van der Waals surface area contributed by atoms with Crippen LogP contribution in [-0.4, -0.2) is 25.6 Å². The predicted molar refractivity (Wildman–Crippen MR) is 61.4 cm³/mol. The van der Waals surface area contributed by atoms with Crippen LogP contribution in [0, 0.1) is 10.1 Å². The number of imidazole rings is 1. The van der Waals surface area contributed by atoms with E-state index in [1.54, 1.807) is 12.1 Å². The topological polar surface area (TPSA) is 98.3 Å². The number of nitro benzene ring substituents is 1. The zero-order chi connectivity index (χ0) is 13.1. The number of hydrogen-bond donors (Lipinski definition) is 1. The monoisotopic (exact) mass is 247 g/mol. The number of nitrogens with zero attached hydrogens (tertiary/aromatic N) is 3. The van der Waals surface area contributed by atoms with E-state index < -0.39 is 10.9 Å². The Hall–Kier alpha value is -2.70. The van der Waals surface area contributed by atoms with Crippen LogP contribution in [0.3, 0.4) is 0 Å². The van der Waals surface area contributed by atoms with Crippen molar-refractivity contribution in [3.63, 3.8) is 0 Å². The summed E-state index contributed by atoms with van der Waals surface area (Å²) in [5, 5.41) is 19.5. The van der Waals surface area contributed by atoms with Crippen LogP contribution in [0.25, 0.3) is 0 Å². The van der Waals surface area contributed by atoms with Gasteiger partial charge in [0.1, 0.15) is 0 Å². The average Bonchev–Trinajstić information content (AvgIpc) is 2.77. The predicted octanol–water partition coefficient (Wildman–Crippen LogP) is 1.54. The highest BCUT2D eigenvalue weighted by molar-refractivity contribution is 5.83. The minimum Gasteiger partial charge on any atom is -0.475 e. The molecule has 0 fully saturated rings. The van der Waals surface area contributed by atoms with Crippen molar-refractivity contribution in [2.75, 3.05) is 0 Å². The second-order valence-electron chi connectivity index (χ2n) is 3.61. The first-order chi connectivity index (χ1) is 8.58. The molecule has 7 nitrogen and oxygen atoms in total. The molecule has 0 aliphatic heterocycles. The third kappa shape index (κ3) is 2.34. The SMILES string of the molecule is O=C(O)c1nccn1Cc1cccc([N+](=O)[O-])c1. The Labute approximate surface area is 101 Å². The summed E-state index contributed by atoms with van der Waals surface area (Å²) >= 11 is 0. The fraction of sp³-hybridized carbons (Fsp3) is 0.0909. The van der Waals surface area contributed by atoms with E-state index in [0.717, 1.165) is 0 Å². The van der Waals surface area contributed by atoms with Crippen LogP contribution in [0.5, 0.6) is 0 Å². The van der Waals surface area contributed by atoms with E-state index in [1.807, 2.05) is 0 Å². The summed E-state index contributed by atoms with van der Waals surface area (Å²) < 4.78 is 1.42. The van der Waals surface area contributed by atoms with Gasteiger partial charge in [-0.1, -0.05) is 12.1 Å². The molecule has 2 aromatic rings. The molecule has 0 bridgehead atoms. The van der Waals surface area contributed by atoms with Gasteiger partial charge in [-0.2, -0.15) is 0 Å². The van der Waals surface area contributed by atoms with Gasteiger partial charge >= 0.3 is 5.97 Å². The molecule has 0 saturated heterocycles. The molecule has 0 aliphatic rings. The van der Waals surface area contributed by atoms with E-state index in [4.69, 9.17) is 5.11 Å². The summed E-state index contributed by atoms with van der Waals surface area (Å²) in [6.07, 6.45) is 2.89. The third-order valence-electron chi connectivity index (χ3n) is 2.38. The number of non-ortho nitro benzene ring substituents is 1. The largest absolute Gasteiger partial charge is 0.475 e. The molecule has 92 valence electrons. The van der Waals surface area contributed by atoms with Crippen molar-refractivity contribution in [3.05, 3.63) is 58.2 Å². The van der Waals surface area contributed by atoms with Crippen LogP contribution in [-0.2, 0) is 6.54 Å². The van der Waals surface area contributed by atoms with E-state index in [9.17, 15) is 14.9 Å². The Morgan fingerprint density at radius 3 is 2.94 bits per heavy atom. The number of aromatic nitrogens is 2. The first kappa shape index (κ1) is 11.8. The summed E-state index contributed by atoms with van der Waals surface area (Å²) in [5.74, 6) is -1.23. The van der Waals surface area contributed by atoms with Crippen LogP contribution in [0.1, 0.15) is 16.2 Å². The van der Waals surface area contributed by atoms with Gasteiger partial charge in [0.2, 0.25) is 5.82 Å². The van der Waals surface area contributed by atoms with Crippen LogP contribution < -0.4 is 0 Å². The maximum absolute atomic E-state index is 10.9. The van der Waals surface area contributed by atoms with Crippen molar-refractivity contribution in [2.45, 2.75) is 6.54 Å². The first-order valence-electron chi connectivity index (χ1n) is 5.05. The van der Waals surface area contributed by atoms with Gasteiger partial charge < -0.3 is 9.67 Å². The summed E-state index contributed by atoms with van der Waals surface area (Å²) in [6, 6.07) is 6.05. The molecule has 0 atom stereocenters. The number of hydrogen-bond acceptors (Lipinski definition) is 4. The molecule has 0 aliphatic carbocycles. The van der Waals surface area contributed by atoms with E-state index >= 15 is 0 Å². The van der Waals surface area contributed by atoms with Crippen molar-refractivity contribution in [3.8, 4) is 0 Å². The minimum absolute atomic E-state index is 0.0236. The summed E-state index contributed by atoms with van der Waals surface area (Å²) in [4.78, 5) is 24.7. The zero-order valence-corrected chi connectivity index (χ0v) is 9.18. The third-order valence-corrected chi connectivity index (χ3v) is 2.38. The lowest BCUT2D eigenvalue weighted by Gasteiger charge is -2.04.